The molecule has 1 heterocycles. The molecule has 0 unspecified atom stereocenters. The number of furan rings is 1. The van der Waals surface area contributed by atoms with E-state index in [0.717, 1.165) is 16.5 Å². The van der Waals surface area contributed by atoms with Gasteiger partial charge in [-0.1, -0.05) is 30.3 Å². The summed E-state index contributed by atoms with van der Waals surface area (Å²) in [6.45, 7) is 2.10. The number of ether oxygens (including phenoxy) is 1. The van der Waals surface area contributed by atoms with Crippen LogP contribution in [0.1, 0.15) is 12.7 Å². The molecule has 0 saturated carbocycles. The van der Waals surface area contributed by atoms with Gasteiger partial charge in [0.1, 0.15) is 11.5 Å². The molecule has 7 heteroatoms. The summed E-state index contributed by atoms with van der Waals surface area (Å²) in [5.74, 6) is 1.04. The van der Waals surface area contributed by atoms with E-state index in [1.54, 1.807) is 19.3 Å². The van der Waals surface area contributed by atoms with E-state index < -0.39 is 6.10 Å². The minimum atomic E-state index is -0.684. The summed E-state index contributed by atoms with van der Waals surface area (Å²) in [4.78, 5) is 12.1. The van der Waals surface area contributed by atoms with Crippen LogP contribution >= 0.6 is 12.2 Å². The second kappa shape index (κ2) is 8.35. The second-order valence-corrected chi connectivity index (χ2v) is 6.05. The molecule has 3 N–H and O–H groups in total. The van der Waals surface area contributed by atoms with Gasteiger partial charge in [0.05, 0.1) is 12.8 Å². The highest BCUT2D eigenvalue weighted by Gasteiger charge is 2.15. The molecule has 0 bridgehead atoms. The molecule has 134 valence electrons. The number of thiocarbonyl (C=S) groups is 1. The van der Waals surface area contributed by atoms with Crippen LogP contribution in [0.5, 0.6) is 5.75 Å². The molecule has 0 saturated heterocycles. The number of hydrogen-bond donors (Lipinski definition) is 3. The van der Waals surface area contributed by atoms with Crippen LogP contribution in [-0.4, -0.2) is 17.1 Å². The lowest BCUT2D eigenvalue weighted by Crippen LogP contribution is -2.50. The van der Waals surface area contributed by atoms with Crippen LogP contribution in [0.2, 0.25) is 0 Å². The van der Waals surface area contributed by atoms with Crippen LogP contribution in [-0.2, 0) is 11.3 Å². The number of fused-ring (bicyclic) bond motifs is 1. The highest BCUT2D eigenvalue weighted by atomic mass is 32.1. The van der Waals surface area contributed by atoms with Crippen LogP contribution in [0, 0.1) is 0 Å². The largest absolute Gasteiger partial charge is 0.481 e. The third-order valence-corrected chi connectivity index (χ3v) is 3.95. The van der Waals surface area contributed by atoms with Gasteiger partial charge in [-0.3, -0.25) is 15.6 Å². The van der Waals surface area contributed by atoms with Gasteiger partial charge < -0.3 is 14.5 Å². The van der Waals surface area contributed by atoms with Gasteiger partial charge in [0.2, 0.25) is 0 Å². The first-order chi connectivity index (χ1) is 12.6. The van der Waals surface area contributed by atoms with E-state index in [1.807, 2.05) is 48.5 Å². The molecule has 26 heavy (non-hydrogen) atoms. The van der Waals surface area contributed by atoms with Gasteiger partial charge in [-0.25, -0.2) is 0 Å². The van der Waals surface area contributed by atoms with Crippen LogP contribution in [0.15, 0.2) is 65.3 Å². The topological polar surface area (TPSA) is 75.5 Å². The van der Waals surface area contributed by atoms with E-state index in [1.165, 1.54) is 0 Å². The average molecular weight is 369 g/mol. The van der Waals surface area contributed by atoms with Crippen LogP contribution in [0.25, 0.3) is 10.8 Å². The molecule has 1 atom stereocenters. The van der Waals surface area contributed by atoms with Crippen molar-refractivity contribution >= 4 is 34.0 Å². The number of nitrogens with one attached hydrogen (secondary N) is 3. The summed E-state index contributed by atoms with van der Waals surface area (Å²) in [6, 6.07) is 17.3. The van der Waals surface area contributed by atoms with Gasteiger partial charge in [-0.05, 0) is 54.2 Å². The maximum atomic E-state index is 12.1. The summed E-state index contributed by atoms with van der Waals surface area (Å²) in [6.07, 6.45) is 0.901. The van der Waals surface area contributed by atoms with E-state index >= 15 is 0 Å². The molecule has 1 amide bonds. The molecule has 0 aliphatic carbocycles. The van der Waals surface area contributed by atoms with E-state index in [0.29, 0.717) is 12.3 Å². The lowest BCUT2D eigenvalue weighted by atomic mass is 10.1. The minimum Gasteiger partial charge on any atom is -0.481 e. The average Bonchev–Trinajstić information content (AvgIpc) is 3.18. The predicted octanol–water partition coefficient (Wildman–Crippen LogP) is 2.90. The Kier molecular flexibility index (Phi) is 5.70. The van der Waals surface area contributed by atoms with Crippen molar-refractivity contribution in [3.8, 4) is 5.75 Å². The highest BCUT2D eigenvalue weighted by Crippen LogP contribution is 2.21. The number of hydrogen-bond acceptors (Lipinski definition) is 4. The molecule has 3 aromatic rings. The number of carbonyl (C=O) groups excluding carboxylic acids is 1. The Bertz CT molecular complexity index is 896. The van der Waals surface area contributed by atoms with Crippen LogP contribution in [0.4, 0.5) is 0 Å². The van der Waals surface area contributed by atoms with E-state index in [-0.39, 0.29) is 11.0 Å². The molecule has 0 fully saturated rings. The third kappa shape index (κ3) is 4.73. The van der Waals surface area contributed by atoms with Crippen molar-refractivity contribution in [2.24, 2.45) is 0 Å². The zero-order valence-electron chi connectivity index (χ0n) is 14.2. The Balaban J connectivity index is 1.46. The lowest BCUT2D eigenvalue weighted by Gasteiger charge is -2.16. The van der Waals surface area contributed by atoms with E-state index in [4.69, 9.17) is 21.4 Å². The molecular formula is C19H19N3O3S. The van der Waals surface area contributed by atoms with Crippen molar-refractivity contribution in [2.45, 2.75) is 19.6 Å². The Hall–Kier alpha value is -3.06. The number of rotatable bonds is 5. The lowest BCUT2D eigenvalue weighted by molar-refractivity contribution is -0.127. The van der Waals surface area contributed by atoms with Gasteiger partial charge in [-0.2, -0.15) is 0 Å². The van der Waals surface area contributed by atoms with Crippen molar-refractivity contribution in [2.75, 3.05) is 0 Å². The fourth-order valence-electron chi connectivity index (χ4n) is 2.34. The number of carbonyl (C=O) groups is 1. The van der Waals surface area contributed by atoms with Crippen molar-refractivity contribution in [1.29, 1.82) is 0 Å². The fourth-order valence-corrected chi connectivity index (χ4v) is 2.47. The Morgan fingerprint density at radius 2 is 1.92 bits per heavy atom. The van der Waals surface area contributed by atoms with Gasteiger partial charge in [0, 0.05) is 0 Å². The highest BCUT2D eigenvalue weighted by molar-refractivity contribution is 7.80. The molecule has 3 rings (SSSR count). The molecule has 0 aliphatic heterocycles. The Morgan fingerprint density at radius 1 is 1.12 bits per heavy atom. The van der Waals surface area contributed by atoms with Crippen molar-refractivity contribution in [3.05, 3.63) is 66.6 Å². The minimum absolute atomic E-state index is 0.285. The second-order valence-electron chi connectivity index (χ2n) is 5.65. The van der Waals surface area contributed by atoms with Gasteiger partial charge in [0.25, 0.3) is 5.91 Å². The maximum absolute atomic E-state index is 12.1. The van der Waals surface area contributed by atoms with E-state index in [2.05, 4.69) is 16.2 Å². The summed E-state index contributed by atoms with van der Waals surface area (Å²) in [7, 11) is 0. The fraction of sp³-hybridized carbons (Fsp3) is 0.158. The standard InChI is InChI=1S/C19H19N3O3S/c1-13(25-16-9-8-14-5-2-3-6-15(14)11-16)18(23)21-22-19(26)20-12-17-7-4-10-24-17/h2-11,13H,12H2,1H3,(H,21,23)(H2,20,22,26)/t13-/m1/s1. The van der Waals surface area contributed by atoms with E-state index in [9.17, 15) is 4.79 Å². The van der Waals surface area contributed by atoms with Crippen LogP contribution < -0.4 is 20.9 Å². The summed E-state index contributed by atoms with van der Waals surface area (Å²) < 4.78 is 10.9. The van der Waals surface area contributed by atoms with Crippen molar-refractivity contribution in [1.82, 2.24) is 16.2 Å². The van der Waals surface area contributed by atoms with Gasteiger partial charge >= 0.3 is 0 Å². The van der Waals surface area contributed by atoms with Crippen LogP contribution in [0.3, 0.4) is 0 Å². The SMILES string of the molecule is C[C@@H](Oc1ccc2ccccc2c1)C(=O)NNC(=S)NCc1ccco1. The molecular weight excluding hydrogens is 350 g/mol. The predicted molar refractivity (Wildman–Crippen MR) is 103 cm³/mol. The smallest absolute Gasteiger partial charge is 0.279 e. The normalized spacial score (nSPS) is 11.6. The zero-order valence-corrected chi connectivity index (χ0v) is 15.0. The molecule has 1 aromatic heterocycles. The van der Waals surface area contributed by atoms with Crippen molar-refractivity contribution < 1.29 is 13.9 Å². The number of hydrazine groups is 1. The quantitative estimate of drug-likeness (QED) is 0.474. The first-order valence-corrected chi connectivity index (χ1v) is 8.54. The first-order valence-electron chi connectivity index (χ1n) is 8.13. The molecule has 6 nitrogen and oxygen atoms in total. The Morgan fingerprint density at radius 3 is 2.69 bits per heavy atom. The number of benzene rings is 2. The van der Waals surface area contributed by atoms with Crippen molar-refractivity contribution in [3.63, 3.8) is 0 Å². The van der Waals surface area contributed by atoms with Gasteiger partial charge in [0.15, 0.2) is 11.2 Å². The maximum Gasteiger partial charge on any atom is 0.279 e. The molecule has 0 spiro atoms. The summed E-state index contributed by atoms with van der Waals surface area (Å²) in [5.41, 5.74) is 5.16. The Labute approximate surface area is 156 Å². The first kappa shape index (κ1) is 17.8. The summed E-state index contributed by atoms with van der Waals surface area (Å²) >= 11 is 5.10. The number of amides is 1. The zero-order chi connectivity index (χ0) is 18.4. The van der Waals surface area contributed by atoms with Gasteiger partial charge in [-0.15, -0.1) is 0 Å². The molecule has 0 aliphatic rings. The molecule has 0 radical (unpaired) electrons. The molecule has 2 aromatic carbocycles. The monoisotopic (exact) mass is 369 g/mol. The summed E-state index contributed by atoms with van der Waals surface area (Å²) in [5, 5.41) is 5.38. The third-order valence-electron chi connectivity index (χ3n) is 3.71.